The predicted octanol–water partition coefficient (Wildman–Crippen LogP) is 3.79. The second kappa shape index (κ2) is 5.19. The van der Waals surface area contributed by atoms with Crippen LogP contribution in [0, 0.1) is 6.92 Å². The standard InChI is InChI=1S/C16H16BrNO2/c1-10-9-20-16(6-15(10)19)11(2)18-7-12-3-4-14(17)5-13(12)8-18/h3-6,9,11H,7-8H2,1-2H3. The Morgan fingerprint density at radius 2 is 2.00 bits per heavy atom. The van der Waals surface area contributed by atoms with Crippen molar-refractivity contribution >= 4 is 15.9 Å². The second-order valence-electron chi connectivity index (χ2n) is 5.32. The molecular weight excluding hydrogens is 318 g/mol. The lowest BCUT2D eigenvalue weighted by Crippen LogP contribution is -2.22. The van der Waals surface area contributed by atoms with Gasteiger partial charge in [0.25, 0.3) is 0 Å². The number of nitrogens with zero attached hydrogens (tertiary/aromatic N) is 1. The Labute approximate surface area is 126 Å². The highest BCUT2D eigenvalue weighted by molar-refractivity contribution is 9.10. The summed E-state index contributed by atoms with van der Waals surface area (Å²) in [6, 6.07) is 8.08. The third-order valence-electron chi connectivity index (χ3n) is 3.91. The topological polar surface area (TPSA) is 33.5 Å². The summed E-state index contributed by atoms with van der Waals surface area (Å²) >= 11 is 3.51. The third kappa shape index (κ3) is 2.45. The minimum Gasteiger partial charge on any atom is -0.467 e. The molecule has 0 fully saturated rings. The molecule has 1 aromatic heterocycles. The van der Waals surface area contributed by atoms with E-state index in [0.717, 1.165) is 23.3 Å². The SMILES string of the molecule is Cc1coc(C(C)N2Cc3ccc(Br)cc3C2)cc1=O. The van der Waals surface area contributed by atoms with Crippen LogP contribution in [0.4, 0.5) is 0 Å². The highest BCUT2D eigenvalue weighted by atomic mass is 79.9. The Bertz CT molecular complexity index is 708. The molecular formula is C16H16BrNO2. The van der Waals surface area contributed by atoms with Gasteiger partial charge in [-0.2, -0.15) is 0 Å². The van der Waals surface area contributed by atoms with E-state index in [0.29, 0.717) is 5.56 Å². The number of hydrogen-bond donors (Lipinski definition) is 0. The van der Waals surface area contributed by atoms with Crippen molar-refractivity contribution in [3.63, 3.8) is 0 Å². The average Bonchev–Trinajstić information content (AvgIpc) is 2.84. The molecule has 104 valence electrons. The summed E-state index contributed by atoms with van der Waals surface area (Å²) in [6.45, 7) is 5.62. The van der Waals surface area contributed by atoms with Crippen LogP contribution in [0.25, 0.3) is 0 Å². The summed E-state index contributed by atoms with van der Waals surface area (Å²) in [4.78, 5) is 14.0. The molecule has 1 unspecified atom stereocenters. The van der Waals surface area contributed by atoms with Crippen LogP contribution in [-0.4, -0.2) is 4.90 Å². The van der Waals surface area contributed by atoms with Crippen LogP contribution >= 0.6 is 15.9 Å². The first-order valence-electron chi connectivity index (χ1n) is 6.65. The molecule has 2 heterocycles. The molecule has 20 heavy (non-hydrogen) atoms. The minimum atomic E-state index is 0.0394. The second-order valence-corrected chi connectivity index (χ2v) is 6.24. The van der Waals surface area contributed by atoms with Crippen molar-refractivity contribution in [2.75, 3.05) is 0 Å². The Kier molecular flexibility index (Phi) is 3.52. The monoisotopic (exact) mass is 333 g/mol. The highest BCUT2D eigenvalue weighted by Gasteiger charge is 2.25. The van der Waals surface area contributed by atoms with Crippen LogP contribution in [0.15, 0.2) is 44.2 Å². The Balaban J connectivity index is 1.84. The zero-order valence-electron chi connectivity index (χ0n) is 11.5. The summed E-state index contributed by atoms with van der Waals surface area (Å²) < 4.78 is 6.69. The van der Waals surface area contributed by atoms with Crippen molar-refractivity contribution in [1.29, 1.82) is 0 Å². The summed E-state index contributed by atoms with van der Waals surface area (Å²) in [6.07, 6.45) is 1.55. The van der Waals surface area contributed by atoms with Crippen molar-refractivity contribution in [2.45, 2.75) is 33.0 Å². The van der Waals surface area contributed by atoms with Crippen LogP contribution in [0.5, 0.6) is 0 Å². The fourth-order valence-electron chi connectivity index (χ4n) is 2.55. The molecule has 3 nitrogen and oxygen atoms in total. The van der Waals surface area contributed by atoms with Gasteiger partial charge in [0.1, 0.15) is 5.76 Å². The Morgan fingerprint density at radius 3 is 2.75 bits per heavy atom. The molecule has 1 aromatic carbocycles. The minimum absolute atomic E-state index is 0.0394. The molecule has 0 bridgehead atoms. The molecule has 0 saturated heterocycles. The Hall–Kier alpha value is -1.39. The fourth-order valence-corrected chi connectivity index (χ4v) is 2.96. The number of benzene rings is 1. The van der Waals surface area contributed by atoms with E-state index in [-0.39, 0.29) is 11.5 Å². The van der Waals surface area contributed by atoms with Gasteiger partial charge in [0.2, 0.25) is 0 Å². The van der Waals surface area contributed by atoms with Gasteiger partial charge in [-0.05, 0) is 37.1 Å². The van der Waals surface area contributed by atoms with Crippen molar-refractivity contribution in [3.05, 3.63) is 67.7 Å². The molecule has 1 aliphatic heterocycles. The first-order chi connectivity index (χ1) is 9.54. The van der Waals surface area contributed by atoms with Gasteiger partial charge >= 0.3 is 0 Å². The maximum Gasteiger partial charge on any atom is 0.188 e. The van der Waals surface area contributed by atoms with E-state index in [2.05, 4.69) is 46.0 Å². The zero-order chi connectivity index (χ0) is 14.3. The predicted molar refractivity (Wildman–Crippen MR) is 81.5 cm³/mol. The van der Waals surface area contributed by atoms with Crippen molar-refractivity contribution in [2.24, 2.45) is 0 Å². The molecule has 0 spiro atoms. The Morgan fingerprint density at radius 1 is 1.25 bits per heavy atom. The van der Waals surface area contributed by atoms with E-state index in [4.69, 9.17) is 4.42 Å². The quantitative estimate of drug-likeness (QED) is 0.838. The average molecular weight is 334 g/mol. The molecule has 0 aliphatic carbocycles. The van der Waals surface area contributed by atoms with Gasteiger partial charge < -0.3 is 4.42 Å². The first kappa shape index (κ1) is 13.6. The maximum absolute atomic E-state index is 11.7. The van der Waals surface area contributed by atoms with Gasteiger partial charge in [-0.25, -0.2) is 0 Å². The molecule has 1 aliphatic rings. The van der Waals surface area contributed by atoms with Crippen LogP contribution in [0.3, 0.4) is 0 Å². The normalized spacial score (nSPS) is 16.1. The van der Waals surface area contributed by atoms with Crippen LogP contribution in [-0.2, 0) is 13.1 Å². The smallest absolute Gasteiger partial charge is 0.188 e. The van der Waals surface area contributed by atoms with E-state index in [1.54, 1.807) is 19.3 Å². The summed E-state index contributed by atoms with van der Waals surface area (Å²) in [7, 11) is 0. The fraction of sp³-hybridized carbons (Fsp3) is 0.312. The molecule has 0 saturated carbocycles. The lowest BCUT2D eigenvalue weighted by atomic mass is 10.1. The number of rotatable bonds is 2. The van der Waals surface area contributed by atoms with Crippen LogP contribution in [0.2, 0.25) is 0 Å². The molecule has 2 aromatic rings. The van der Waals surface area contributed by atoms with Crippen molar-refractivity contribution in [1.82, 2.24) is 4.90 Å². The van der Waals surface area contributed by atoms with Gasteiger partial charge in [-0.1, -0.05) is 22.0 Å². The van der Waals surface area contributed by atoms with Crippen LogP contribution in [0.1, 0.15) is 35.4 Å². The summed E-state index contributed by atoms with van der Waals surface area (Å²) in [5.74, 6) is 0.729. The first-order valence-corrected chi connectivity index (χ1v) is 7.44. The number of aryl methyl sites for hydroxylation is 1. The molecule has 0 amide bonds. The highest BCUT2D eigenvalue weighted by Crippen LogP contribution is 2.32. The van der Waals surface area contributed by atoms with Crippen LogP contribution < -0.4 is 5.43 Å². The third-order valence-corrected chi connectivity index (χ3v) is 4.40. The van der Waals surface area contributed by atoms with Gasteiger partial charge in [0.05, 0.1) is 12.3 Å². The van der Waals surface area contributed by atoms with Gasteiger partial charge in [0.15, 0.2) is 5.43 Å². The zero-order valence-corrected chi connectivity index (χ0v) is 13.1. The van der Waals surface area contributed by atoms with Gasteiger partial charge in [-0.3, -0.25) is 9.69 Å². The summed E-state index contributed by atoms with van der Waals surface area (Å²) in [5.41, 5.74) is 3.36. The van der Waals surface area contributed by atoms with E-state index >= 15 is 0 Å². The lowest BCUT2D eigenvalue weighted by Gasteiger charge is -2.22. The maximum atomic E-state index is 11.7. The molecule has 0 N–H and O–H groups in total. The molecule has 1 atom stereocenters. The van der Waals surface area contributed by atoms with Gasteiger partial charge in [0, 0.05) is 29.2 Å². The summed E-state index contributed by atoms with van der Waals surface area (Å²) in [5, 5.41) is 0. The van der Waals surface area contributed by atoms with E-state index in [1.807, 2.05) is 0 Å². The molecule has 0 radical (unpaired) electrons. The van der Waals surface area contributed by atoms with E-state index in [1.165, 1.54) is 11.1 Å². The van der Waals surface area contributed by atoms with Gasteiger partial charge in [-0.15, -0.1) is 0 Å². The van der Waals surface area contributed by atoms with E-state index in [9.17, 15) is 4.79 Å². The largest absolute Gasteiger partial charge is 0.467 e. The number of hydrogen-bond acceptors (Lipinski definition) is 3. The number of halogens is 1. The number of fused-ring (bicyclic) bond motifs is 1. The lowest BCUT2D eigenvalue weighted by molar-refractivity contribution is 0.188. The van der Waals surface area contributed by atoms with Crippen molar-refractivity contribution < 1.29 is 4.42 Å². The molecule has 4 heteroatoms. The molecule has 3 rings (SSSR count). The van der Waals surface area contributed by atoms with Crippen molar-refractivity contribution in [3.8, 4) is 0 Å². The van der Waals surface area contributed by atoms with E-state index < -0.39 is 0 Å².